The first-order chi connectivity index (χ1) is 25.7. The molecule has 0 unspecified atom stereocenters. The van der Waals surface area contributed by atoms with Gasteiger partial charge in [-0.3, -0.25) is 9.59 Å². The zero-order valence-corrected chi connectivity index (χ0v) is 30.3. The number of imidazole rings is 1. The van der Waals surface area contributed by atoms with Crippen LogP contribution in [0.2, 0.25) is 0 Å². The van der Waals surface area contributed by atoms with E-state index in [1.165, 1.54) is 31.5 Å². The highest BCUT2D eigenvalue weighted by molar-refractivity contribution is 6.04. The van der Waals surface area contributed by atoms with E-state index in [9.17, 15) is 27.6 Å². The van der Waals surface area contributed by atoms with Crippen molar-refractivity contribution in [3.63, 3.8) is 0 Å². The SMILES string of the molecule is COC(=O)N[C@H](C(=O)N1CCC[C@H]1c1nc(-c2ccc(-c3cc(F)c(NC(=O)c4ccc(N5CCNC[C@H]5C)nc4)cc3C(F)(F)F)cc2)c[nH]1)C(C)C. The molecule has 4 heterocycles. The summed E-state index contributed by atoms with van der Waals surface area (Å²) in [6.45, 7) is 8.45. The minimum Gasteiger partial charge on any atom is -0.453 e. The summed E-state index contributed by atoms with van der Waals surface area (Å²) >= 11 is 0. The molecular weight excluding hydrogens is 708 g/mol. The molecule has 0 bridgehead atoms. The van der Waals surface area contributed by atoms with Gasteiger partial charge < -0.3 is 35.5 Å². The largest absolute Gasteiger partial charge is 0.453 e. The third-order valence-corrected chi connectivity index (χ3v) is 9.80. The van der Waals surface area contributed by atoms with Crippen LogP contribution in [-0.2, 0) is 15.7 Å². The number of alkyl carbamates (subject to hydrolysis) is 1. The normalized spacial score (nSPS) is 18.1. The van der Waals surface area contributed by atoms with E-state index < -0.39 is 46.9 Å². The van der Waals surface area contributed by atoms with Crippen molar-refractivity contribution in [1.82, 2.24) is 30.5 Å². The number of likely N-dealkylation sites (tertiary alicyclic amines) is 1. The molecule has 2 aliphatic heterocycles. The maximum Gasteiger partial charge on any atom is 0.417 e. The highest BCUT2D eigenvalue weighted by atomic mass is 19.4. The van der Waals surface area contributed by atoms with Crippen LogP contribution in [0.4, 0.5) is 33.9 Å². The first kappa shape index (κ1) is 38.2. The van der Waals surface area contributed by atoms with E-state index in [2.05, 4.69) is 30.8 Å². The number of carbonyl (C=O) groups excluding carboxylic acids is 3. The summed E-state index contributed by atoms with van der Waals surface area (Å²) in [5.74, 6) is -1.10. The number of nitrogens with zero attached hydrogens (tertiary/aromatic N) is 4. The van der Waals surface area contributed by atoms with Crippen LogP contribution in [0.3, 0.4) is 0 Å². The quantitative estimate of drug-likeness (QED) is 0.144. The molecule has 4 aromatic rings. The summed E-state index contributed by atoms with van der Waals surface area (Å²) in [5.41, 5.74) is -0.893. The van der Waals surface area contributed by atoms with Gasteiger partial charge in [0.25, 0.3) is 5.91 Å². The van der Waals surface area contributed by atoms with E-state index in [1.807, 2.05) is 20.8 Å². The highest BCUT2D eigenvalue weighted by Crippen LogP contribution is 2.41. The molecule has 2 fully saturated rings. The third-order valence-electron chi connectivity index (χ3n) is 9.80. The monoisotopic (exact) mass is 750 g/mol. The molecule has 2 saturated heterocycles. The van der Waals surface area contributed by atoms with E-state index in [-0.39, 0.29) is 35.0 Å². The predicted molar refractivity (Wildman–Crippen MR) is 194 cm³/mol. The van der Waals surface area contributed by atoms with Gasteiger partial charge in [-0.1, -0.05) is 38.1 Å². The van der Waals surface area contributed by atoms with Crippen LogP contribution in [0.15, 0.2) is 60.9 Å². The number of benzene rings is 2. The second kappa shape index (κ2) is 15.8. The number of methoxy groups -OCH3 is 1. The van der Waals surface area contributed by atoms with Gasteiger partial charge in [-0.05, 0) is 61.1 Å². The van der Waals surface area contributed by atoms with Crippen LogP contribution in [0.1, 0.15) is 61.4 Å². The fourth-order valence-corrected chi connectivity index (χ4v) is 6.88. The summed E-state index contributed by atoms with van der Waals surface area (Å²) in [7, 11) is 1.23. The van der Waals surface area contributed by atoms with E-state index in [0.717, 1.165) is 32.1 Å². The van der Waals surface area contributed by atoms with Crippen LogP contribution >= 0.6 is 0 Å². The lowest BCUT2D eigenvalue weighted by Crippen LogP contribution is -2.51. The van der Waals surface area contributed by atoms with Gasteiger partial charge in [0.1, 0.15) is 23.5 Å². The summed E-state index contributed by atoms with van der Waals surface area (Å²) in [4.78, 5) is 54.3. The first-order valence-corrected chi connectivity index (χ1v) is 17.7. The number of H-pyrrole nitrogens is 1. The average molecular weight is 751 g/mol. The second-order valence-electron chi connectivity index (χ2n) is 13.8. The van der Waals surface area contributed by atoms with Gasteiger partial charge in [-0.15, -0.1) is 0 Å². The number of piperazine rings is 1. The second-order valence-corrected chi connectivity index (χ2v) is 13.8. The van der Waals surface area contributed by atoms with Crippen molar-refractivity contribution in [2.24, 2.45) is 5.92 Å². The predicted octanol–water partition coefficient (Wildman–Crippen LogP) is 6.39. The van der Waals surface area contributed by atoms with Crippen molar-refractivity contribution in [3.05, 3.63) is 83.7 Å². The van der Waals surface area contributed by atoms with Crippen molar-refractivity contribution in [2.75, 3.05) is 43.5 Å². The molecule has 3 atom stereocenters. The molecule has 2 aliphatic rings. The number of rotatable bonds is 9. The van der Waals surface area contributed by atoms with Gasteiger partial charge in [0, 0.05) is 50.2 Å². The molecule has 0 aliphatic carbocycles. The number of amides is 3. The van der Waals surface area contributed by atoms with Crippen LogP contribution in [0.25, 0.3) is 22.4 Å². The van der Waals surface area contributed by atoms with Crippen LogP contribution in [0.5, 0.6) is 0 Å². The Morgan fingerprint density at radius 3 is 2.43 bits per heavy atom. The molecule has 0 spiro atoms. The molecule has 4 N–H and O–H groups in total. The number of hydrogen-bond acceptors (Lipinski definition) is 8. The Morgan fingerprint density at radius 1 is 1.04 bits per heavy atom. The molecule has 16 heteroatoms. The molecule has 12 nitrogen and oxygen atoms in total. The van der Waals surface area contributed by atoms with Crippen molar-refractivity contribution in [1.29, 1.82) is 0 Å². The lowest BCUT2D eigenvalue weighted by molar-refractivity contribution is -0.137. The fourth-order valence-electron chi connectivity index (χ4n) is 6.88. The standard InChI is InChI=1S/C38H42F4N8O4/c1-21(2)33(48-37(53)54-4)36(52)50-14-5-6-31(50)34-45-20-30(46-34)24-9-7-23(8-10-24)26-16-28(39)29(17-27(26)38(40,41)42)47-35(51)25-11-12-32(44-19-25)49-15-13-43-18-22(49)3/h7-12,16-17,19-22,31,33,43H,5-6,13-15,18H2,1-4H3,(H,45,46)(H,47,51)(H,48,53)/t22-,31+,33+/m1/s1. The van der Waals surface area contributed by atoms with Gasteiger partial charge in [0.15, 0.2) is 0 Å². The lowest BCUT2D eigenvalue weighted by Gasteiger charge is -2.34. The number of carbonyl (C=O) groups is 3. The Morgan fingerprint density at radius 2 is 1.78 bits per heavy atom. The van der Waals surface area contributed by atoms with Crippen molar-refractivity contribution < 1.29 is 36.7 Å². The summed E-state index contributed by atoms with van der Waals surface area (Å²) < 4.78 is 63.3. The minimum atomic E-state index is -4.87. The fraction of sp³-hybridized carbons (Fsp3) is 0.395. The summed E-state index contributed by atoms with van der Waals surface area (Å²) in [5, 5.41) is 8.17. The van der Waals surface area contributed by atoms with E-state index in [1.54, 1.807) is 29.3 Å². The summed E-state index contributed by atoms with van der Waals surface area (Å²) in [6, 6.07) is 9.57. The first-order valence-electron chi connectivity index (χ1n) is 17.7. The van der Waals surface area contributed by atoms with Crippen molar-refractivity contribution in [3.8, 4) is 22.4 Å². The van der Waals surface area contributed by atoms with E-state index in [0.29, 0.717) is 41.9 Å². The van der Waals surface area contributed by atoms with Gasteiger partial charge in [0.2, 0.25) is 5.91 Å². The maximum atomic E-state index is 15.4. The molecule has 2 aromatic carbocycles. The highest BCUT2D eigenvalue weighted by Gasteiger charge is 2.38. The molecule has 0 saturated carbocycles. The van der Waals surface area contributed by atoms with Crippen LogP contribution < -0.4 is 20.9 Å². The molecule has 54 heavy (non-hydrogen) atoms. The number of aromatic nitrogens is 3. The Hall–Kier alpha value is -5.51. The Balaban J connectivity index is 1.18. The Labute approximate surface area is 309 Å². The van der Waals surface area contributed by atoms with Crippen LogP contribution in [-0.4, -0.2) is 83.1 Å². The number of alkyl halides is 3. The van der Waals surface area contributed by atoms with Crippen molar-refractivity contribution in [2.45, 2.75) is 57.9 Å². The zero-order chi connectivity index (χ0) is 38.7. The molecule has 3 amide bonds. The third kappa shape index (κ3) is 8.17. The number of hydrogen-bond donors (Lipinski definition) is 4. The number of nitrogens with one attached hydrogen (secondary N) is 4. The van der Waals surface area contributed by atoms with Gasteiger partial charge in [-0.25, -0.2) is 19.2 Å². The molecular formula is C38H42F4N8O4. The molecule has 286 valence electrons. The molecule has 0 radical (unpaired) electrons. The van der Waals surface area contributed by atoms with Gasteiger partial charge in [-0.2, -0.15) is 13.2 Å². The number of ether oxygens (including phenoxy) is 1. The number of aromatic amines is 1. The zero-order valence-electron chi connectivity index (χ0n) is 30.3. The molecule has 2 aromatic heterocycles. The van der Waals surface area contributed by atoms with E-state index in [4.69, 9.17) is 9.72 Å². The lowest BCUT2D eigenvalue weighted by atomic mass is 9.96. The van der Waals surface area contributed by atoms with Crippen molar-refractivity contribution >= 4 is 29.4 Å². The minimum absolute atomic E-state index is 0.0678. The number of halogens is 4. The Kier molecular flexibility index (Phi) is 11.2. The number of pyridine rings is 1. The molecule has 6 rings (SSSR count). The van der Waals surface area contributed by atoms with E-state index >= 15 is 4.39 Å². The summed E-state index contributed by atoms with van der Waals surface area (Å²) in [6.07, 6.45) is -1.24. The Bertz CT molecular complexity index is 1980. The average Bonchev–Trinajstić information content (AvgIpc) is 3.85. The number of anilines is 2. The van der Waals surface area contributed by atoms with Gasteiger partial charge in [0.05, 0.1) is 35.7 Å². The van der Waals surface area contributed by atoms with Crippen LogP contribution in [0, 0.1) is 11.7 Å². The van der Waals surface area contributed by atoms with Gasteiger partial charge >= 0.3 is 12.3 Å². The smallest absolute Gasteiger partial charge is 0.417 e. The maximum absolute atomic E-state index is 15.4. The topological polar surface area (TPSA) is 145 Å².